The molecule has 5 atom stereocenters. The first-order valence-corrected chi connectivity index (χ1v) is 10.1. The van der Waals surface area contributed by atoms with Crippen molar-refractivity contribution in [1.82, 2.24) is 16.0 Å². The first-order valence-electron chi connectivity index (χ1n) is 8.75. The average Bonchev–Trinajstić information content (AvgIpc) is 2.62. The molecule has 13 heteroatoms. The van der Waals surface area contributed by atoms with Crippen molar-refractivity contribution < 1.29 is 34.2 Å². The lowest BCUT2D eigenvalue weighted by Crippen LogP contribution is -2.57. The van der Waals surface area contributed by atoms with Crippen LogP contribution in [0.25, 0.3) is 0 Å². The number of nitrogens with two attached hydrogens (primary N) is 2. The summed E-state index contributed by atoms with van der Waals surface area (Å²) < 4.78 is 0. The normalized spacial score (nSPS) is 15.9. The number of aliphatic hydroxyl groups is 1. The molecule has 0 aromatic rings. The molecule has 0 aromatic heterocycles. The number of nitrogens with one attached hydrogen (secondary N) is 3. The maximum absolute atomic E-state index is 12.4. The van der Waals surface area contributed by atoms with E-state index in [0.29, 0.717) is 5.75 Å². The van der Waals surface area contributed by atoms with Gasteiger partial charge in [0.15, 0.2) is 0 Å². The number of amides is 4. The highest BCUT2D eigenvalue weighted by Gasteiger charge is 2.30. The maximum atomic E-state index is 12.4. The van der Waals surface area contributed by atoms with Crippen LogP contribution in [0.5, 0.6) is 0 Å². The summed E-state index contributed by atoms with van der Waals surface area (Å²) in [6.07, 6.45) is 0.201. The number of hydrogen-bond donors (Lipinski definition) is 7. The van der Waals surface area contributed by atoms with Gasteiger partial charge in [-0.05, 0) is 32.3 Å². The van der Waals surface area contributed by atoms with Crippen LogP contribution in [0.15, 0.2) is 0 Å². The van der Waals surface area contributed by atoms with E-state index in [0.717, 1.165) is 0 Å². The number of aliphatic hydroxyl groups excluding tert-OH is 1. The summed E-state index contributed by atoms with van der Waals surface area (Å²) in [4.78, 5) is 59.0. The molecule has 4 amide bonds. The van der Waals surface area contributed by atoms with Crippen LogP contribution in [0, 0.1) is 0 Å². The van der Waals surface area contributed by atoms with Gasteiger partial charge in [0.1, 0.15) is 24.2 Å². The van der Waals surface area contributed by atoms with Crippen LogP contribution in [-0.2, 0) is 24.0 Å². The smallest absolute Gasteiger partial charge is 0.326 e. The first-order chi connectivity index (χ1) is 13.4. The predicted octanol–water partition coefficient (Wildman–Crippen LogP) is -3.12. The minimum atomic E-state index is -1.43. The SMILES string of the molecule is CSCCC(NC(=O)C(CC(N)=O)NC(=O)C(C)NC(=O)C(N)C(C)O)C(=O)O. The molecule has 5 unspecified atom stereocenters. The van der Waals surface area contributed by atoms with Crippen LogP contribution >= 0.6 is 11.8 Å². The van der Waals surface area contributed by atoms with E-state index < -0.39 is 66.3 Å². The van der Waals surface area contributed by atoms with Gasteiger partial charge in [-0.3, -0.25) is 19.2 Å². The summed E-state index contributed by atoms with van der Waals surface area (Å²) in [5.41, 5.74) is 10.6. The van der Waals surface area contributed by atoms with Crippen molar-refractivity contribution >= 4 is 41.4 Å². The molecule has 0 aliphatic rings. The van der Waals surface area contributed by atoms with Gasteiger partial charge in [-0.2, -0.15) is 11.8 Å². The third-order valence-corrected chi connectivity index (χ3v) is 4.48. The molecule has 0 bridgehead atoms. The zero-order valence-corrected chi connectivity index (χ0v) is 17.3. The molecule has 0 saturated carbocycles. The van der Waals surface area contributed by atoms with E-state index >= 15 is 0 Å². The van der Waals surface area contributed by atoms with Crippen molar-refractivity contribution in [3.8, 4) is 0 Å². The van der Waals surface area contributed by atoms with E-state index in [2.05, 4.69) is 16.0 Å². The molecule has 0 spiro atoms. The minimum absolute atomic E-state index is 0.142. The van der Waals surface area contributed by atoms with Crippen molar-refractivity contribution in [1.29, 1.82) is 0 Å². The Kier molecular flexibility index (Phi) is 11.9. The topological polar surface area (TPSA) is 214 Å². The van der Waals surface area contributed by atoms with Gasteiger partial charge in [0.05, 0.1) is 12.5 Å². The third-order valence-electron chi connectivity index (χ3n) is 3.84. The fourth-order valence-electron chi connectivity index (χ4n) is 2.07. The number of rotatable bonds is 13. The van der Waals surface area contributed by atoms with E-state index in [-0.39, 0.29) is 6.42 Å². The van der Waals surface area contributed by atoms with Crippen molar-refractivity contribution in [2.75, 3.05) is 12.0 Å². The fraction of sp³-hybridized carbons (Fsp3) is 0.688. The van der Waals surface area contributed by atoms with Gasteiger partial charge in [-0.25, -0.2) is 4.79 Å². The zero-order chi connectivity index (χ0) is 22.7. The Hall–Kier alpha value is -2.38. The Morgan fingerprint density at radius 1 is 0.966 bits per heavy atom. The van der Waals surface area contributed by atoms with Crippen molar-refractivity contribution in [3.05, 3.63) is 0 Å². The highest BCUT2D eigenvalue weighted by atomic mass is 32.2. The Balaban J connectivity index is 5.10. The second kappa shape index (κ2) is 13.0. The number of aliphatic carboxylic acids is 1. The van der Waals surface area contributed by atoms with Gasteiger partial charge in [0, 0.05) is 0 Å². The maximum Gasteiger partial charge on any atom is 0.326 e. The van der Waals surface area contributed by atoms with Crippen molar-refractivity contribution in [3.63, 3.8) is 0 Å². The van der Waals surface area contributed by atoms with E-state index in [1.807, 2.05) is 0 Å². The summed E-state index contributed by atoms with van der Waals surface area (Å²) >= 11 is 1.39. The van der Waals surface area contributed by atoms with Gasteiger partial charge in [0.25, 0.3) is 0 Å². The van der Waals surface area contributed by atoms with Gasteiger partial charge in [-0.1, -0.05) is 0 Å². The fourth-order valence-corrected chi connectivity index (χ4v) is 2.54. The minimum Gasteiger partial charge on any atom is -0.480 e. The molecule has 12 nitrogen and oxygen atoms in total. The lowest BCUT2D eigenvalue weighted by atomic mass is 10.1. The molecule has 0 radical (unpaired) electrons. The summed E-state index contributed by atoms with van der Waals surface area (Å²) in [6.45, 7) is 2.61. The highest BCUT2D eigenvalue weighted by Crippen LogP contribution is 2.03. The monoisotopic (exact) mass is 435 g/mol. The molecule has 29 heavy (non-hydrogen) atoms. The Morgan fingerprint density at radius 2 is 1.52 bits per heavy atom. The molecule has 0 heterocycles. The average molecular weight is 436 g/mol. The number of thioether (sulfide) groups is 1. The molecule has 166 valence electrons. The summed E-state index contributed by atoms with van der Waals surface area (Å²) in [7, 11) is 0. The molecular formula is C16H29N5O7S. The van der Waals surface area contributed by atoms with Crippen molar-refractivity contribution in [2.45, 2.75) is 57.0 Å². The van der Waals surface area contributed by atoms with Crippen LogP contribution < -0.4 is 27.4 Å². The lowest BCUT2D eigenvalue weighted by molar-refractivity contribution is -0.142. The lowest BCUT2D eigenvalue weighted by Gasteiger charge is -2.23. The predicted molar refractivity (Wildman–Crippen MR) is 106 cm³/mol. The van der Waals surface area contributed by atoms with Crippen LogP contribution in [-0.4, -0.2) is 82.1 Å². The Morgan fingerprint density at radius 3 is 1.97 bits per heavy atom. The molecule has 0 saturated heterocycles. The Labute approximate surface area is 172 Å². The van der Waals surface area contributed by atoms with Gasteiger partial charge in [-0.15, -0.1) is 0 Å². The summed E-state index contributed by atoms with van der Waals surface area (Å²) in [6, 6.07) is -5.05. The van der Waals surface area contributed by atoms with Gasteiger partial charge >= 0.3 is 5.97 Å². The van der Waals surface area contributed by atoms with E-state index in [4.69, 9.17) is 11.5 Å². The summed E-state index contributed by atoms with van der Waals surface area (Å²) in [5, 5.41) is 25.3. The van der Waals surface area contributed by atoms with E-state index in [9.17, 15) is 34.2 Å². The van der Waals surface area contributed by atoms with E-state index in [1.165, 1.54) is 25.6 Å². The van der Waals surface area contributed by atoms with Crippen LogP contribution in [0.1, 0.15) is 26.7 Å². The second-order valence-electron chi connectivity index (χ2n) is 6.41. The number of primary amides is 1. The van der Waals surface area contributed by atoms with Gasteiger partial charge < -0.3 is 37.6 Å². The molecular weight excluding hydrogens is 406 g/mol. The molecule has 0 aromatic carbocycles. The molecule has 0 fully saturated rings. The standard InChI is InChI=1S/C16H29N5O7S/c1-7(19-15(26)12(18)8(2)22)13(24)21-10(6-11(17)23)14(25)20-9(16(27)28)4-5-29-3/h7-10,12,22H,4-6,18H2,1-3H3,(H2,17,23)(H,19,26)(H,20,25)(H,21,24)(H,27,28). The Bertz CT molecular complexity index is 616. The number of carbonyl (C=O) groups excluding carboxylic acids is 4. The largest absolute Gasteiger partial charge is 0.480 e. The van der Waals surface area contributed by atoms with E-state index in [1.54, 1.807) is 6.26 Å². The van der Waals surface area contributed by atoms with Crippen LogP contribution in [0.4, 0.5) is 0 Å². The number of carboxylic acids is 1. The quantitative estimate of drug-likeness (QED) is 0.155. The highest BCUT2D eigenvalue weighted by molar-refractivity contribution is 7.98. The number of carbonyl (C=O) groups is 5. The van der Waals surface area contributed by atoms with Gasteiger partial charge in [0.2, 0.25) is 23.6 Å². The van der Waals surface area contributed by atoms with Crippen molar-refractivity contribution in [2.24, 2.45) is 11.5 Å². The molecule has 0 rings (SSSR count). The molecule has 0 aliphatic carbocycles. The molecule has 0 aliphatic heterocycles. The third kappa shape index (κ3) is 10.1. The summed E-state index contributed by atoms with van der Waals surface area (Å²) in [5.74, 6) is -4.20. The first kappa shape index (κ1) is 26.6. The number of hydrogen-bond acceptors (Lipinski definition) is 8. The van der Waals surface area contributed by atoms with Crippen LogP contribution in [0.3, 0.4) is 0 Å². The van der Waals surface area contributed by atoms with Crippen LogP contribution in [0.2, 0.25) is 0 Å². The second-order valence-corrected chi connectivity index (χ2v) is 7.39. The molecule has 9 N–H and O–H groups in total. The zero-order valence-electron chi connectivity index (χ0n) is 16.5. The number of carboxylic acid groups (broad SMARTS) is 1.